The Balaban J connectivity index is 1.89. The van der Waals surface area contributed by atoms with Gasteiger partial charge in [-0.3, -0.25) is 19.4 Å². The fourth-order valence-electron chi connectivity index (χ4n) is 2.70. The molecule has 148 valence electrons. The Morgan fingerprint density at radius 1 is 1.36 bits per heavy atom. The summed E-state index contributed by atoms with van der Waals surface area (Å²) >= 11 is 0. The van der Waals surface area contributed by atoms with Gasteiger partial charge in [-0.2, -0.15) is 18.3 Å². The minimum Gasteiger partial charge on any atom is -0.482 e. The Morgan fingerprint density at radius 3 is 2.75 bits per heavy atom. The van der Waals surface area contributed by atoms with E-state index < -0.39 is 12.8 Å². The van der Waals surface area contributed by atoms with E-state index in [0.29, 0.717) is 22.2 Å². The van der Waals surface area contributed by atoms with E-state index in [1.807, 2.05) is 6.92 Å². The topological polar surface area (TPSA) is 81.9 Å². The molecule has 0 aliphatic rings. The van der Waals surface area contributed by atoms with E-state index in [4.69, 9.17) is 4.74 Å². The molecule has 3 aromatic heterocycles. The van der Waals surface area contributed by atoms with Crippen molar-refractivity contribution in [2.24, 2.45) is 0 Å². The first kappa shape index (κ1) is 19.6. The Morgan fingerprint density at radius 2 is 2.11 bits per heavy atom. The van der Waals surface area contributed by atoms with Gasteiger partial charge in [-0.25, -0.2) is 0 Å². The zero-order valence-corrected chi connectivity index (χ0v) is 15.4. The molecule has 1 N–H and O–H groups in total. The summed E-state index contributed by atoms with van der Waals surface area (Å²) in [5.41, 5.74) is 1.99. The molecule has 0 aromatic carbocycles. The zero-order chi connectivity index (χ0) is 20.5. The van der Waals surface area contributed by atoms with E-state index in [2.05, 4.69) is 20.4 Å². The van der Waals surface area contributed by atoms with E-state index in [1.54, 1.807) is 29.9 Å². The molecule has 0 bridgehead atoms. The summed E-state index contributed by atoms with van der Waals surface area (Å²) in [5, 5.41) is 7.59. The number of alkyl halides is 3. The number of nitrogens with one attached hydrogen (secondary N) is 1. The van der Waals surface area contributed by atoms with Crippen molar-refractivity contribution in [3.63, 3.8) is 0 Å². The van der Waals surface area contributed by atoms with Crippen LogP contribution in [0.1, 0.15) is 34.7 Å². The van der Waals surface area contributed by atoms with Gasteiger partial charge in [0.2, 0.25) is 0 Å². The van der Waals surface area contributed by atoms with E-state index in [1.165, 1.54) is 19.4 Å². The third-order valence-corrected chi connectivity index (χ3v) is 4.19. The second-order valence-corrected chi connectivity index (χ2v) is 6.24. The molecule has 10 heteroatoms. The SMILES string of the molecule is CNC(=O)c1nccc2nn(C(C)c3cc(C)c(OCC(F)(F)F)cn3)cc12. The Hall–Kier alpha value is -3.17. The van der Waals surface area contributed by atoms with Crippen LogP contribution in [0, 0.1) is 6.92 Å². The molecule has 1 atom stereocenters. The van der Waals surface area contributed by atoms with Crippen molar-refractivity contribution in [1.82, 2.24) is 25.1 Å². The highest BCUT2D eigenvalue weighted by Gasteiger charge is 2.29. The first-order chi connectivity index (χ1) is 13.2. The second kappa shape index (κ2) is 7.45. The summed E-state index contributed by atoms with van der Waals surface area (Å²) in [6, 6.07) is 3.03. The smallest absolute Gasteiger partial charge is 0.422 e. The van der Waals surface area contributed by atoms with Gasteiger partial charge in [0.15, 0.2) is 6.61 Å². The van der Waals surface area contributed by atoms with Gasteiger partial charge in [-0.15, -0.1) is 0 Å². The third-order valence-electron chi connectivity index (χ3n) is 4.19. The average molecular weight is 393 g/mol. The predicted molar refractivity (Wildman–Crippen MR) is 95.3 cm³/mol. The summed E-state index contributed by atoms with van der Waals surface area (Å²) in [4.78, 5) is 20.3. The van der Waals surface area contributed by atoms with Crippen LogP contribution in [-0.2, 0) is 0 Å². The molecule has 0 spiro atoms. The number of amides is 1. The molecule has 0 saturated heterocycles. The molecular weight excluding hydrogens is 375 g/mol. The van der Waals surface area contributed by atoms with Crippen molar-refractivity contribution in [2.45, 2.75) is 26.1 Å². The van der Waals surface area contributed by atoms with Gasteiger partial charge in [0.05, 0.1) is 28.8 Å². The number of carbonyl (C=O) groups is 1. The minimum atomic E-state index is -4.41. The van der Waals surface area contributed by atoms with Crippen LogP contribution in [0.2, 0.25) is 0 Å². The molecule has 0 radical (unpaired) electrons. The van der Waals surface area contributed by atoms with Crippen LogP contribution in [0.15, 0.2) is 30.7 Å². The lowest BCUT2D eigenvalue weighted by molar-refractivity contribution is -0.153. The number of aromatic nitrogens is 4. The zero-order valence-electron chi connectivity index (χ0n) is 15.4. The average Bonchev–Trinajstić information content (AvgIpc) is 3.09. The van der Waals surface area contributed by atoms with Crippen molar-refractivity contribution in [3.05, 3.63) is 47.7 Å². The summed E-state index contributed by atoms with van der Waals surface area (Å²) < 4.78 is 43.4. The summed E-state index contributed by atoms with van der Waals surface area (Å²) in [5.74, 6) is -0.247. The van der Waals surface area contributed by atoms with Crippen LogP contribution < -0.4 is 10.1 Å². The van der Waals surface area contributed by atoms with Crippen LogP contribution in [-0.4, -0.2) is 45.5 Å². The van der Waals surface area contributed by atoms with Gasteiger partial charge >= 0.3 is 6.18 Å². The number of carbonyl (C=O) groups excluding carboxylic acids is 1. The number of halogens is 3. The Labute approximate surface area is 158 Å². The van der Waals surface area contributed by atoms with Crippen molar-refractivity contribution in [3.8, 4) is 5.75 Å². The minimum absolute atomic E-state index is 0.0741. The maximum atomic E-state index is 12.3. The van der Waals surface area contributed by atoms with Crippen LogP contribution in [0.25, 0.3) is 10.9 Å². The molecule has 3 aromatic rings. The fourth-order valence-corrected chi connectivity index (χ4v) is 2.70. The molecule has 3 rings (SSSR count). The fraction of sp³-hybridized carbons (Fsp3) is 0.333. The van der Waals surface area contributed by atoms with Gasteiger partial charge in [0.25, 0.3) is 5.91 Å². The highest BCUT2D eigenvalue weighted by Crippen LogP contribution is 2.26. The number of rotatable bonds is 5. The van der Waals surface area contributed by atoms with Crippen LogP contribution in [0.3, 0.4) is 0 Å². The van der Waals surface area contributed by atoms with Crippen molar-refractivity contribution in [1.29, 1.82) is 0 Å². The predicted octanol–water partition coefficient (Wildman–Crippen LogP) is 3.04. The van der Waals surface area contributed by atoms with Crippen LogP contribution in [0.5, 0.6) is 5.75 Å². The van der Waals surface area contributed by atoms with Crippen molar-refractivity contribution in [2.75, 3.05) is 13.7 Å². The number of fused-ring (bicyclic) bond motifs is 1. The van der Waals surface area contributed by atoms with Gasteiger partial charge in [-0.05, 0) is 31.5 Å². The van der Waals surface area contributed by atoms with Gasteiger partial charge in [-0.1, -0.05) is 0 Å². The maximum Gasteiger partial charge on any atom is 0.422 e. The highest BCUT2D eigenvalue weighted by atomic mass is 19.4. The quantitative estimate of drug-likeness (QED) is 0.721. The molecule has 0 saturated carbocycles. The van der Waals surface area contributed by atoms with Crippen molar-refractivity contribution >= 4 is 16.8 Å². The Bertz CT molecular complexity index is 1020. The lowest BCUT2D eigenvalue weighted by Crippen LogP contribution is -2.20. The molecule has 0 aliphatic carbocycles. The van der Waals surface area contributed by atoms with Crippen LogP contribution in [0.4, 0.5) is 13.2 Å². The normalized spacial score (nSPS) is 12.8. The van der Waals surface area contributed by atoms with Crippen LogP contribution >= 0.6 is 0 Å². The second-order valence-electron chi connectivity index (χ2n) is 6.24. The number of nitrogens with zero attached hydrogens (tertiary/aromatic N) is 4. The standard InChI is InChI=1S/C18H18F3N5O2/c1-10-6-14(24-7-15(10)28-9-18(19,20)21)11(2)26-8-12-13(25-26)4-5-23-16(12)17(27)22-3/h4-8,11H,9H2,1-3H3,(H,22,27). The molecule has 0 fully saturated rings. The number of hydrogen-bond acceptors (Lipinski definition) is 5. The molecule has 1 unspecified atom stereocenters. The number of pyridine rings is 2. The summed E-state index contributed by atoms with van der Waals surface area (Å²) in [6.45, 7) is 2.12. The lowest BCUT2D eigenvalue weighted by Gasteiger charge is -2.15. The van der Waals surface area contributed by atoms with Gasteiger partial charge in [0, 0.05) is 19.4 Å². The van der Waals surface area contributed by atoms with E-state index in [9.17, 15) is 18.0 Å². The molecule has 1 amide bonds. The largest absolute Gasteiger partial charge is 0.482 e. The third kappa shape index (κ3) is 4.05. The summed E-state index contributed by atoms with van der Waals surface area (Å²) in [6.07, 6.45) is 0.0600. The first-order valence-electron chi connectivity index (χ1n) is 8.41. The van der Waals surface area contributed by atoms with E-state index >= 15 is 0 Å². The first-order valence-corrected chi connectivity index (χ1v) is 8.41. The molecule has 3 heterocycles. The molecule has 28 heavy (non-hydrogen) atoms. The monoisotopic (exact) mass is 393 g/mol. The van der Waals surface area contributed by atoms with E-state index in [-0.39, 0.29) is 23.4 Å². The summed E-state index contributed by atoms with van der Waals surface area (Å²) in [7, 11) is 1.52. The van der Waals surface area contributed by atoms with Crippen molar-refractivity contribution < 1.29 is 22.7 Å². The number of ether oxygens (including phenoxy) is 1. The van der Waals surface area contributed by atoms with E-state index in [0.717, 1.165) is 0 Å². The maximum absolute atomic E-state index is 12.3. The number of hydrogen-bond donors (Lipinski definition) is 1. The Kier molecular flexibility index (Phi) is 5.21. The molecule has 7 nitrogen and oxygen atoms in total. The highest BCUT2D eigenvalue weighted by molar-refractivity contribution is 6.03. The van der Waals surface area contributed by atoms with Gasteiger partial charge < -0.3 is 10.1 Å². The van der Waals surface area contributed by atoms with Gasteiger partial charge in [0.1, 0.15) is 11.4 Å². The number of aryl methyl sites for hydroxylation is 1. The molecule has 0 aliphatic heterocycles. The lowest BCUT2D eigenvalue weighted by atomic mass is 10.1. The molecular formula is C18H18F3N5O2.